The topological polar surface area (TPSA) is 41.6 Å². The second-order valence-electron chi connectivity index (χ2n) is 8.36. The summed E-state index contributed by atoms with van der Waals surface area (Å²) < 4.78 is 5.92. The van der Waals surface area contributed by atoms with E-state index in [4.69, 9.17) is 4.74 Å². The van der Waals surface area contributed by atoms with Crippen LogP contribution in [0, 0.1) is 11.8 Å². The van der Waals surface area contributed by atoms with Crippen LogP contribution < -0.4 is 5.32 Å². The number of nitrogens with one attached hydrogen (secondary N) is 1. The van der Waals surface area contributed by atoms with E-state index >= 15 is 0 Å². The minimum Gasteiger partial charge on any atom is -0.443 e. The summed E-state index contributed by atoms with van der Waals surface area (Å²) in [6.45, 7) is 9.23. The minimum atomic E-state index is -0.448. The predicted octanol–water partition coefficient (Wildman–Crippen LogP) is 3.85. The highest BCUT2D eigenvalue weighted by Crippen LogP contribution is 2.31. The standard InChI is InChI=1S/C21H32N2O2/c1-16-13-19-15-22-14-18(19)10-12-23(16)20(24)25-21(2,3)11-9-17-7-5-4-6-8-17/h4-8,16,18-19,22H,9-15H2,1-3H3/t16-,18-,19+/m0/s1. The Morgan fingerprint density at radius 3 is 2.72 bits per heavy atom. The summed E-state index contributed by atoms with van der Waals surface area (Å²) >= 11 is 0. The van der Waals surface area contributed by atoms with Crippen LogP contribution in [0.4, 0.5) is 4.79 Å². The van der Waals surface area contributed by atoms with E-state index in [-0.39, 0.29) is 12.1 Å². The summed E-state index contributed by atoms with van der Waals surface area (Å²) in [5.41, 5.74) is 0.839. The molecule has 0 aliphatic carbocycles. The van der Waals surface area contributed by atoms with Crippen molar-refractivity contribution in [3.8, 4) is 0 Å². The highest BCUT2D eigenvalue weighted by molar-refractivity contribution is 5.68. The summed E-state index contributed by atoms with van der Waals surface area (Å²) in [7, 11) is 0. The van der Waals surface area contributed by atoms with Gasteiger partial charge in [0.25, 0.3) is 0 Å². The lowest BCUT2D eigenvalue weighted by Crippen LogP contribution is -2.43. The number of ether oxygens (including phenoxy) is 1. The van der Waals surface area contributed by atoms with Gasteiger partial charge in [-0.2, -0.15) is 0 Å². The molecule has 2 aliphatic rings. The monoisotopic (exact) mass is 344 g/mol. The second kappa shape index (κ2) is 7.77. The third kappa shape index (κ3) is 4.75. The Labute approximate surface area is 151 Å². The third-order valence-corrected chi connectivity index (χ3v) is 5.85. The van der Waals surface area contributed by atoms with Gasteiger partial charge in [0.15, 0.2) is 0 Å². The quantitative estimate of drug-likeness (QED) is 0.902. The summed E-state index contributed by atoms with van der Waals surface area (Å²) in [5.74, 6) is 1.42. The molecule has 4 nitrogen and oxygen atoms in total. The molecule has 2 fully saturated rings. The molecule has 0 unspecified atom stereocenters. The molecule has 4 heteroatoms. The molecule has 3 rings (SSSR count). The van der Waals surface area contributed by atoms with Crippen molar-refractivity contribution in [3.63, 3.8) is 0 Å². The van der Waals surface area contributed by atoms with Gasteiger partial charge in [0, 0.05) is 12.6 Å². The molecule has 0 saturated carbocycles. The van der Waals surface area contributed by atoms with Crippen molar-refractivity contribution in [2.45, 2.75) is 58.1 Å². The average Bonchev–Trinajstić information content (AvgIpc) is 2.94. The maximum atomic E-state index is 12.8. The largest absolute Gasteiger partial charge is 0.443 e. The number of nitrogens with zero attached hydrogens (tertiary/aromatic N) is 1. The van der Waals surface area contributed by atoms with E-state index in [0.717, 1.165) is 45.3 Å². The average molecular weight is 344 g/mol. The molecule has 0 spiro atoms. The molecule has 1 aromatic rings. The Balaban J connectivity index is 1.54. The van der Waals surface area contributed by atoms with Gasteiger partial charge in [0.1, 0.15) is 5.60 Å². The number of likely N-dealkylation sites (tertiary alicyclic amines) is 1. The SMILES string of the molecule is C[C@H]1C[C@@H]2CNC[C@@H]2CCN1C(=O)OC(C)(C)CCc1ccccc1. The number of carbonyl (C=O) groups excluding carboxylic acids is 1. The van der Waals surface area contributed by atoms with Gasteiger partial charge in [-0.1, -0.05) is 30.3 Å². The van der Waals surface area contributed by atoms with Crippen LogP contribution in [-0.4, -0.2) is 42.3 Å². The number of rotatable bonds is 4. The molecule has 2 aliphatic heterocycles. The van der Waals surface area contributed by atoms with E-state index in [2.05, 4.69) is 36.5 Å². The fourth-order valence-corrected chi connectivity index (χ4v) is 4.20. The summed E-state index contributed by atoms with van der Waals surface area (Å²) in [6, 6.07) is 10.6. The first kappa shape index (κ1) is 18.2. The molecule has 138 valence electrons. The molecule has 25 heavy (non-hydrogen) atoms. The van der Waals surface area contributed by atoms with E-state index in [1.807, 2.05) is 24.8 Å². The van der Waals surface area contributed by atoms with Crippen LogP contribution in [0.2, 0.25) is 0 Å². The number of hydrogen-bond donors (Lipinski definition) is 1. The zero-order valence-electron chi connectivity index (χ0n) is 15.8. The van der Waals surface area contributed by atoms with Gasteiger partial charge in [-0.15, -0.1) is 0 Å². The third-order valence-electron chi connectivity index (χ3n) is 5.85. The Morgan fingerprint density at radius 1 is 1.24 bits per heavy atom. The molecule has 3 atom stereocenters. The Hall–Kier alpha value is -1.55. The molecule has 1 amide bonds. The summed E-state index contributed by atoms with van der Waals surface area (Å²) in [4.78, 5) is 14.8. The Bertz CT molecular complexity index is 573. The van der Waals surface area contributed by atoms with Crippen LogP contribution in [0.3, 0.4) is 0 Å². The summed E-state index contributed by atoms with van der Waals surface area (Å²) in [5, 5.41) is 3.49. The van der Waals surface area contributed by atoms with E-state index in [1.54, 1.807) is 0 Å². The first-order chi connectivity index (χ1) is 11.9. The van der Waals surface area contributed by atoms with Crippen LogP contribution in [-0.2, 0) is 11.2 Å². The first-order valence-electron chi connectivity index (χ1n) is 9.69. The first-order valence-corrected chi connectivity index (χ1v) is 9.69. The van der Waals surface area contributed by atoms with Crippen LogP contribution in [0.1, 0.15) is 45.6 Å². The molecule has 0 aromatic heterocycles. The lowest BCUT2D eigenvalue weighted by Gasteiger charge is -2.32. The number of aryl methyl sites for hydroxylation is 1. The summed E-state index contributed by atoms with van der Waals surface area (Å²) in [6.07, 6.45) is 3.78. The van der Waals surface area contributed by atoms with E-state index < -0.39 is 5.60 Å². The van der Waals surface area contributed by atoms with Crippen molar-refractivity contribution >= 4 is 6.09 Å². The van der Waals surface area contributed by atoms with E-state index in [0.29, 0.717) is 11.8 Å². The van der Waals surface area contributed by atoms with Crippen molar-refractivity contribution < 1.29 is 9.53 Å². The van der Waals surface area contributed by atoms with Crippen molar-refractivity contribution in [2.24, 2.45) is 11.8 Å². The van der Waals surface area contributed by atoms with Gasteiger partial charge in [-0.05, 0) is 76.9 Å². The predicted molar refractivity (Wildman–Crippen MR) is 101 cm³/mol. The number of benzene rings is 1. The fraction of sp³-hybridized carbons (Fsp3) is 0.667. The normalized spacial score (nSPS) is 26.8. The van der Waals surface area contributed by atoms with Gasteiger partial charge in [-0.3, -0.25) is 0 Å². The van der Waals surface area contributed by atoms with Gasteiger partial charge >= 0.3 is 6.09 Å². The van der Waals surface area contributed by atoms with Gasteiger partial charge < -0.3 is 15.0 Å². The highest BCUT2D eigenvalue weighted by Gasteiger charge is 2.36. The fourth-order valence-electron chi connectivity index (χ4n) is 4.20. The van der Waals surface area contributed by atoms with Gasteiger partial charge in [-0.25, -0.2) is 4.79 Å². The van der Waals surface area contributed by atoms with Crippen molar-refractivity contribution in [2.75, 3.05) is 19.6 Å². The van der Waals surface area contributed by atoms with Crippen molar-refractivity contribution in [1.29, 1.82) is 0 Å². The van der Waals surface area contributed by atoms with E-state index in [9.17, 15) is 4.79 Å². The van der Waals surface area contributed by atoms with Crippen LogP contribution in [0.25, 0.3) is 0 Å². The molecule has 2 heterocycles. The highest BCUT2D eigenvalue weighted by atomic mass is 16.6. The maximum Gasteiger partial charge on any atom is 0.410 e. The molecule has 1 N–H and O–H groups in total. The zero-order valence-corrected chi connectivity index (χ0v) is 15.8. The second-order valence-corrected chi connectivity index (χ2v) is 8.36. The number of carbonyl (C=O) groups is 1. The zero-order chi connectivity index (χ0) is 17.9. The van der Waals surface area contributed by atoms with Crippen molar-refractivity contribution in [3.05, 3.63) is 35.9 Å². The molecular weight excluding hydrogens is 312 g/mol. The molecular formula is C21H32N2O2. The minimum absolute atomic E-state index is 0.140. The maximum absolute atomic E-state index is 12.8. The smallest absolute Gasteiger partial charge is 0.410 e. The van der Waals surface area contributed by atoms with E-state index in [1.165, 1.54) is 5.56 Å². The van der Waals surface area contributed by atoms with Crippen LogP contribution in [0.15, 0.2) is 30.3 Å². The number of hydrogen-bond acceptors (Lipinski definition) is 3. The number of fused-ring (bicyclic) bond motifs is 1. The van der Waals surface area contributed by atoms with Crippen molar-refractivity contribution in [1.82, 2.24) is 10.2 Å². The molecule has 0 bridgehead atoms. The number of amides is 1. The lowest BCUT2D eigenvalue weighted by molar-refractivity contribution is 0.00247. The molecule has 1 aromatic carbocycles. The molecule has 2 saturated heterocycles. The van der Waals surface area contributed by atoms with Crippen LogP contribution in [0.5, 0.6) is 0 Å². The lowest BCUT2D eigenvalue weighted by atomic mass is 9.90. The molecule has 0 radical (unpaired) electrons. The Morgan fingerprint density at radius 2 is 1.96 bits per heavy atom. The van der Waals surface area contributed by atoms with Gasteiger partial charge in [0.2, 0.25) is 0 Å². The van der Waals surface area contributed by atoms with Gasteiger partial charge in [0.05, 0.1) is 0 Å². The van der Waals surface area contributed by atoms with Crippen LogP contribution >= 0.6 is 0 Å². The Kier molecular flexibility index (Phi) is 5.67.